The number of rotatable bonds is 3. The molecule has 3 nitrogen and oxygen atoms in total. The molecule has 0 aromatic heterocycles. The van der Waals surface area contributed by atoms with Crippen LogP contribution < -0.4 is 0 Å². The third-order valence-electron chi connectivity index (χ3n) is 3.08. The fourth-order valence-corrected chi connectivity index (χ4v) is 2.32. The third-order valence-corrected chi connectivity index (χ3v) is 3.08. The Bertz CT molecular complexity index is 197. The molecule has 2 unspecified atom stereocenters. The van der Waals surface area contributed by atoms with Crippen LogP contribution in [0.2, 0.25) is 0 Å². The zero-order valence-electron chi connectivity index (χ0n) is 7.90. The SMILES string of the molecule is OC1CCCC1N1CC(OC(F)F)C1. The number of nitrogens with zero attached hydrogens (tertiary/aromatic N) is 1. The predicted molar refractivity (Wildman–Crippen MR) is 46.1 cm³/mol. The van der Waals surface area contributed by atoms with Crippen molar-refractivity contribution in [1.29, 1.82) is 0 Å². The number of aliphatic hydroxyl groups is 1. The monoisotopic (exact) mass is 207 g/mol. The molecule has 5 heteroatoms. The summed E-state index contributed by atoms with van der Waals surface area (Å²) in [4.78, 5) is 2.03. The van der Waals surface area contributed by atoms with Crippen LogP contribution in [0, 0.1) is 0 Å². The second kappa shape index (κ2) is 4.08. The summed E-state index contributed by atoms with van der Waals surface area (Å²) in [6.45, 7) is -1.60. The third kappa shape index (κ3) is 2.04. The van der Waals surface area contributed by atoms with E-state index in [2.05, 4.69) is 4.74 Å². The lowest BCUT2D eigenvalue weighted by atomic mass is 10.1. The highest BCUT2D eigenvalue weighted by Gasteiger charge is 2.39. The van der Waals surface area contributed by atoms with Gasteiger partial charge in [0.15, 0.2) is 0 Å². The highest BCUT2D eigenvalue weighted by molar-refractivity contribution is 4.92. The number of alkyl halides is 2. The molecular weight excluding hydrogens is 192 g/mol. The van der Waals surface area contributed by atoms with Gasteiger partial charge in [-0.1, -0.05) is 0 Å². The molecule has 82 valence electrons. The summed E-state index contributed by atoms with van der Waals surface area (Å²) < 4.78 is 27.9. The van der Waals surface area contributed by atoms with Gasteiger partial charge in [-0.2, -0.15) is 8.78 Å². The standard InChI is InChI=1S/C9H15F2NO2/c10-9(11)14-6-4-12(5-6)7-2-1-3-8(7)13/h6-9,13H,1-5H2. The van der Waals surface area contributed by atoms with Gasteiger partial charge < -0.3 is 9.84 Å². The largest absolute Gasteiger partial charge is 0.391 e. The van der Waals surface area contributed by atoms with Gasteiger partial charge in [-0.05, 0) is 19.3 Å². The highest BCUT2D eigenvalue weighted by Crippen LogP contribution is 2.28. The smallest absolute Gasteiger partial charge is 0.345 e. The minimum absolute atomic E-state index is 0.174. The fraction of sp³-hybridized carbons (Fsp3) is 1.00. The molecule has 0 amide bonds. The van der Waals surface area contributed by atoms with Gasteiger partial charge in [0.25, 0.3) is 0 Å². The first-order chi connectivity index (χ1) is 6.66. The molecule has 2 atom stereocenters. The van der Waals surface area contributed by atoms with Gasteiger partial charge in [-0.3, -0.25) is 4.90 Å². The average molecular weight is 207 g/mol. The number of hydrogen-bond acceptors (Lipinski definition) is 3. The Labute approximate surface area is 81.6 Å². The Balaban J connectivity index is 1.72. The summed E-state index contributed by atoms with van der Waals surface area (Å²) >= 11 is 0. The number of hydrogen-bond donors (Lipinski definition) is 1. The second-order valence-electron chi connectivity index (χ2n) is 4.04. The van der Waals surface area contributed by atoms with Crippen molar-refractivity contribution in [2.75, 3.05) is 13.1 Å². The van der Waals surface area contributed by atoms with Crippen LogP contribution in [0.5, 0.6) is 0 Å². The first-order valence-corrected chi connectivity index (χ1v) is 5.02. The van der Waals surface area contributed by atoms with E-state index in [0.29, 0.717) is 13.1 Å². The van der Waals surface area contributed by atoms with E-state index >= 15 is 0 Å². The van der Waals surface area contributed by atoms with Crippen LogP contribution in [0.3, 0.4) is 0 Å². The molecule has 1 saturated carbocycles. The van der Waals surface area contributed by atoms with Gasteiger partial charge in [0, 0.05) is 19.1 Å². The number of ether oxygens (including phenoxy) is 1. The van der Waals surface area contributed by atoms with Crippen molar-refractivity contribution in [3.8, 4) is 0 Å². The molecule has 14 heavy (non-hydrogen) atoms. The van der Waals surface area contributed by atoms with E-state index in [1.807, 2.05) is 4.90 Å². The molecule has 1 aliphatic carbocycles. The Hall–Kier alpha value is -0.260. The maximum atomic E-state index is 11.8. The van der Waals surface area contributed by atoms with Gasteiger partial charge in [0.2, 0.25) is 0 Å². The van der Waals surface area contributed by atoms with Crippen LogP contribution in [0.1, 0.15) is 19.3 Å². The molecule has 0 bridgehead atoms. The fourth-order valence-electron chi connectivity index (χ4n) is 2.32. The van der Waals surface area contributed by atoms with E-state index in [1.54, 1.807) is 0 Å². The number of likely N-dealkylation sites (tertiary alicyclic amines) is 1. The van der Waals surface area contributed by atoms with Crippen LogP contribution in [0.4, 0.5) is 8.78 Å². The maximum absolute atomic E-state index is 11.8. The summed E-state index contributed by atoms with van der Waals surface area (Å²) in [5, 5.41) is 9.56. The summed E-state index contributed by atoms with van der Waals surface area (Å²) in [6.07, 6.45) is 2.22. The van der Waals surface area contributed by atoms with Crippen LogP contribution >= 0.6 is 0 Å². The lowest BCUT2D eigenvalue weighted by molar-refractivity contribution is -0.203. The molecule has 2 aliphatic rings. The molecule has 0 radical (unpaired) electrons. The van der Waals surface area contributed by atoms with Crippen molar-refractivity contribution < 1.29 is 18.6 Å². The van der Waals surface area contributed by atoms with E-state index in [4.69, 9.17) is 0 Å². The number of halogens is 2. The molecule has 2 rings (SSSR count). The minimum Gasteiger partial charge on any atom is -0.391 e. The summed E-state index contributed by atoms with van der Waals surface area (Å²) in [7, 11) is 0. The zero-order valence-corrected chi connectivity index (χ0v) is 7.90. The molecule has 0 spiro atoms. The first-order valence-electron chi connectivity index (χ1n) is 5.02. The van der Waals surface area contributed by atoms with Crippen molar-refractivity contribution in [2.24, 2.45) is 0 Å². The van der Waals surface area contributed by atoms with Crippen molar-refractivity contribution >= 4 is 0 Å². The summed E-state index contributed by atoms with van der Waals surface area (Å²) in [5.74, 6) is 0. The van der Waals surface area contributed by atoms with Gasteiger partial charge >= 0.3 is 6.61 Å². The molecule has 1 heterocycles. The van der Waals surface area contributed by atoms with Gasteiger partial charge in [-0.25, -0.2) is 0 Å². The molecule has 1 saturated heterocycles. The van der Waals surface area contributed by atoms with E-state index < -0.39 is 6.61 Å². The maximum Gasteiger partial charge on any atom is 0.345 e. The van der Waals surface area contributed by atoms with Gasteiger partial charge in [0.1, 0.15) is 0 Å². The second-order valence-corrected chi connectivity index (χ2v) is 4.04. The Morgan fingerprint density at radius 1 is 1.29 bits per heavy atom. The molecule has 0 aromatic carbocycles. The van der Waals surface area contributed by atoms with E-state index in [1.165, 1.54) is 0 Å². The lowest BCUT2D eigenvalue weighted by Crippen LogP contribution is -2.58. The minimum atomic E-state index is -2.67. The molecule has 2 fully saturated rings. The lowest BCUT2D eigenvalue weighted by Gasteiger charge is -2.43. The van der Waals surface area contributed by atoms with Crippen molar-refractivity contribution in [3.63, 3.8) is 0 Å². The van der Waals surface area contributed by atoms with Crippen molar-refractivity contribution in [1.82, 2.24) is 4.90 Å². The van der Waals surface area contributed by atoms with Crippen LogP contribution in [0.15, 0.2) is 0 Å². The Morgan fingerprint density at radius 3 is 2.50 bits per heavy atom. The van der Waals surface area contributed by atoms with E-state index in [0.717, 1.165) is 19.3 Å². The molecular formula is C9H15F2NO2. The van der Waals surface area contributed by atoms with Crippen molar-refractivity contribution in [3.05, 3.63) is 0 Å². The van der Waals surface area contributed by atoms with Gasteiger partial charge in [-0.15, -0.1) is 0 Å². The van der Waals surface area contributed by atoms with Crippen LogP contribution in [-0.2, 0) is 4.74 Å². The predicted octanol–water partition coefficient (Wildman–Crippen LogP) is 0.823. The summed E-state index contributed by atoms with van der Waals surface area (Å²) in [6, 6.07) is 0.174. The topological polar surface area (TPSA) is 32.7 Å². The highest BCUT2D eigenvalue weighted by atomic mass is 19.3. The van der Waals surface area contributed by atoms with Gasteiger partial charge in [0.05, 0.1) is 12.2 Å². The Morgan fingerprint density at radius 2 is 2.00 bits per heavy atom. The van der Waals surface area contributed by atoms with Crippen molar-refractivity contribution in [2.45, 2.75) is 44.1 Å². The van der Waals surface area contributed by atoms with E-state index in [-0.39, 0.29) is 18.2 Å². The van der Waals surface area contributed by atoms with Crippen LogP contribution in [-0.4, -0.2) is 48.0 Å². The zero-order chi connectivity index (χ0) is 10.1. The quantitative estimate of drug-likeness (QED) is 0.743. The first kappa shape index (κ1) is 10.3. The molecule has 0 aromatic rings. The molecule has 1 N–H and O–H groups in total. The normalized spacial score (nSPS) is 35.1. The number of aliphatic hydroxyl groups excluding tert-OH is 1. The molecule has 1 aliphatic heterocycles. The Kier molecular flexibility index (Phi) is 2.99. The van der Waals surface area contributed by atoms with E-state index in [9.17, 15) is 13.9 Å². The summed E-state index contributed by atoms with van der Waals surface area (Å²) in [5.41, 5.74) is 0. The average Bonchev–Trinajstić information content (AvgIpc) is 2.42. The van der Waals surface area contributed by atoms with Crippen LogP contribution in [0.25, 0.3) is 0 Å².